The summed E-state index contributed by atoms with van der Waals surface area (Å²) in [5.74, 6) is -0.848. The largest absolute Gasteiger partial charge is 0.478 e. The van der Waals surface area contributed by atoms with Crippen molar-refractivity contribution in [3.05, 3.63) is 29.3 Å². The fourth-order valence-electron chi connectivity index (χ4n) is 2.23. The highest BCUT2D eigenvalue weighted by molar-refractivity contribution is 7.92. The minimum atomic E-state index is -3.28. The highest BCUT2D eigenvalue weighted by Gasteiger charge is 2.29. The fourth-order valence-corrected chi connectivity index (χ4v) is 3.95. The maximum atomic E-state index is 12.2. The van der Waals surface area contributed by atoms with Gasteiger partial charge in [0.2, 0.25) is 10.0 Å². The molecule has 0 saturated carbocycles. The number of carboxylic acid groups (broad SMARTS) is 1. The van der Waals surface area contributed by atoms with Crippen LogP contribution in [-0.4, -0.2) is 31.8 Å². The number of aromatic carboxylic acids is 1. The average molecular weight is 283 g/mol. The van der Waals surface area contributed by atoms with Crippen molar-refractivity contribution in [2.75, 3.05) is 16.6 Å². The Kier molecular flexibility index (Phi) is 3.80. The van der Waals surface area contributed by atoms with Crippen molar-refractivity contribution in [3.8, 4) is 0 Å². The Bertz CT molecular complexity index is 595. The molecule has 1 aromatic carbocycles. The van der Waals surface area contributed by atoms with Crippen molar-refractivity contribution in [1.82, 2.24) is 0 Å². The molecule has 1 aliphatic rings. The number of anilines is 1. The van der Waals surface area contributed by atoms with E-state index in [0.717, 1.165) is 12.0 Å². The third kappa shape index (κ3) is 2.73. The molecule has 0 unspecified atom stereocenters. The molecule has 1 N–H and O–H groups in total. The van der Waals surface area contributed by atoms with Crippen LogP contribution in [-0.2, 0) is 16.4 Å². The summed E-state index contributed by atoms with van der Waals surface area (Å²) in [5.41, 5.74) is 1.62. The lowest BCUT2D eigenvalue weighted by molar-refractivity contribution is 0.0697. The van der Waals surface area contributed by atoms with E-state index in [1.165, 1.54) is 10.4 Å². The van der Waals surface area contributed by atoms with Gasteiger partial charge in [-0.2, -0.15) is 0 Å². The molecule has 1 heterocycles. The molecule has 0 fully saturated rings. The second-order valence-electron chi connectivity index (χ2n) is 4.64. The van der Waals surface area contributed by atoms with Crippen molar-refractivity contribution in [1.29, 1.82) is 0 Å². The van der Waals surface area contributed by atoms with Gasteiger partial charge in [0.05, 0.1) is 17.0 Å². The molecule has 1 aromatic rings. The smallest absolute Gasteiger partial charge is 0.335 e. The van der Waals surface area contributed by atoms with Gasteiger partial charge in [-0.25, -0.2) is 13.2 Å². The van der Waals surface area contributed by atoms with E-state index in [4.69, 9.17) is 5.11 Å². The van der Waals surface area contributed by atoms with Crippen LogP contribution in [0, 0.1) is 0 Å². The first-order valence-corrected chi connectivity index (χ1v) is 7.93. The van der Waals surface area contributed by atoms with Crippen molar-refractivity contribution >= 4 is 21.7 Å². The van der Waals surface area contributed by atoms with Crippen LogP contribution in [0.3, 0.4) is 0 Å². The van der Waals surface area contributed by atoms with Gasteiger partial charge in [-0.15, -0.1) is 0 Å². The molecular weight excluding hydrogens is 266 g/mol. The van der Waals surface area contributed by atoms with Crippen LogP contribution >= 0.6 is 0 Å². The SMILES string of the molecule is CCCCS(=O)(=O)N1CCc2cc(C(=O)O)ccc21. The maximum absolute atomic E-state index is 12.2. The van der Waals surface area contributed by atoms with Gasteiger partial charge in [0, 0.05) is 6.54 Å². The zero-order chi connectivity index (χ0) is 14.0. The van der Waals surface area contributed by atoms with Crippen molar-refractivity contribution in [2.45, 2.75) is 26.2 Å². The van der Waals surface area contributed by atoms with E-state index in [0.29, 0.717) is 25.1 Å². The normalized spacial score (nSPS) is 14.5. The third-order valence-electron chi connectivity index (χ3n) is 3.27. The zero-order valence-corrected chi connectivity index (χ0v) is 11.6. The summed E-state index contributed by atoms with van der Waals surface area (Å²) < 4.78 is 25.8. The Balaban J connectivity index is 2.30. The van der Waals surface area contributed by atoms with E-state index >= 15 is 0 Å². The van der Waals surface area contributed by atoms with Gasteiger partial charge in [-0.1, -0.05) is 13.3 Å². The third-order valence-corrected chi connectivity index (χ3v) is 5.13. The second kappa shape index (κ2) is 5.21. The predicted molar refractivity (Wildman–Crippen MR) is 73.1 cm³/mol. The number of sulfonamides is 1. The van der Waals surface area contributed by atoms with Gasteiger partial charge in [-0.05, 0) is 36.6 Å². The molecule has 0 bridgehead atoms. The molecule has 0 spiro atoms. The van der Waals surface area contributed by atoms with Crippen molar-refractivity contribution in [3.63, 3.8) is 0 Å². The molecule has 5 nitrogen and oxygen atoms in total. The highest BCUT2D eigenvalue weighted by atomic mass is 32.2. The summed E-state index contributed by atoms with van der Waals surface area (Å²) in [6.45, 7) is 2.36. The molecule has 0 aromatic heterocycles. The molecule has 0 radical (unpaired) electrons. The summed E-state index contributed by atoms with van der Waals surface area (Å²) >= 11 is 0. The molecule has 0 atom stereocenters. The monoisotopic (exact) mass is 283 g/mol. The second-order valence-corrected chi connectivity index (χ2v) is 6.65. The maximum Gasteiger partial charge on any atom is 0.335 e. The number of carbonyl (C=O) groups is 1. The number of nitrogens with zero attached hydrogens (tertiary/aromatic N) is 1. The standard InChI is InChI=1S/C13H17NO4S/c1-2-3-8-19(17,18)14-7-6-10-9-11(13(15)16)4-5-12(10)14/h4-5,9H,2-3,6-8H2,1H3,(H,15,16). The molecule has 19 heavy (non-hydrogen) atoms. The van der Waals surface area contributed by atoms with Gasteiger partial charge in [0.15, 0.2) is 0 Å². The van der Waals surface area contributed by atoms with E-state index in [-0.39, 0.29) is 11.3 Å². The number of carboxylic acids is 1. The average Bonchev–Trinajstić information content (AvgIpc) is 2.79. The lowest BCUT2D eigenvalue weighted by Gasteiger charge is -2.19. The minimum absolute atomic E-state index is 0.142. The van der Waals surface area contributed by atoms with E-state index in [9.17, 15) is 13.2 Å². The Morgan fingerprint density at radius 3 is 2.79 bits per heavy atom. The van der Waals surface area contributed by atoms with Gasteiger partial charge < -0.3 is 5.11 Å². The van der Waals surface area contributed by atoms with Gasteiger partial charge >= 0.3 is 5.97 Å². The van der Waals surface area contributed by atoms with Crippen LogP contribution in [0.4, 0.5) is 5.69 Å². The molecule has 0 aliphatic carbocycles. The molecule has 0 amide bonds. The van der Waals surface area contributed by atoms with E-state index in [1.807, 2.05) is 6.92 Å². The first-order chi connectivity index (χ1) is 8.95. The molecule has 6 heteroatoms. The van der Waals surface area contributed by atoms with Gasteiger partial charge in [-0.3, -0.25) is 4.31 Å². The zero-order valence-electron chi connectivity index (χ0n) is 10.8. The minimum Gasteiger partial charge on any atom is -0.478 e. The summed E-state index contributed by atoms with van der Waals surface area (Å²) in [4.78, 5) is 10.9. The van der Waals surface area contributed by atoms with Crippen LogP contribution in [0.2, 0.25) is 0 Å². The Labute approximate surface area is 112 Å². The van der Waals surface area contributed by atoms with Crippen LogP contribution < -0.4 is 4.31 Å². The van der Waals surface area contributed by atoms with Crippen molar-refractivity contribution < 1.29 is 18.3 Å². The first kappa shape index (κ1) is 13.9. The molecule has 1 aliphatic heterocycles. The van der Waals surface area contributed by atoms with E-state index < -0.39 is 16.0 Å². The fraction of sp³-hybridized carbons (Fsp3) is 0.462. The highest BCUT2D eigenvalue weighted by Crippen LogP contribution is 2.31. The molecule has 104 valence electrons. The van der Waals surface area contributed by atoms with Crippen LogP contribution in [0.15, 0.2) is 18.2 Å². The van der Waals surface area contributed by atoms with Gasteiger partial charge in [0.25, 0.3) is 0 Å². The number of benzene rings is 1. The predicted octanol–water partition coefficient (Wildman–Crippen LogP) is 1.88. The number of unbranched alkanes of at least 4 members (excludes halogenated alkanes) is 1. The number of hydrogen-bond donors (Lipinski definition) is 1. The Morgan fingerprint density at radius 2 is 2.16 bits per heavy atom. The number of hydrogen-bond acceptors (Lipinski definition) is 3. The summed E-state index contributed by atoms with van der Waals surface area (Å²) in [6.07, 6.45) is 2.04. The molecular formula is C13H17NO4S. The van der Waals surface area contributed by atoms with Crippen LogP contribution in [0.25, 0.3) is 0 Å². The van der Waals surface area contributed by atoms with Crippen LogP contribution in [0.5, 0.6) is 0 Å². The lowest BCUT2D eigenvalue weighted by Crippen LogP contribution is -2.31. The van der Waals surface area contributed by atoms with Crippen molar-refractivity contribution in [2.24, 2.45) is 0 Å². The first-order valence-electron chi connectivity index (χ1n) is 6.32. The van der Waals surface area contributed by atoms with Crippen LogP contribution in [0.1, 0.15) is 35.7 Å². The topological polar surface area (TPSA) is 74.7 Å². The van der Waals surface area contributed by atoms with E-state index in [1.54, 1.807) is 12.1 Å². The van der Waals surface area contributed by atoms with Gasteiger partial charge in [0.1, 0.15) is 0 Å². The number of rotatable bonds is 5. The lowest BCUT2D eigenvalue weighted by atomic mass is 10.1. The van der Waals surface area contributed by atoms with E-state index in [2.05, 4.69) is 0 Å². The Morgan fingerprint density at radius 1 is 1.42 bits per heavy atom. The molecule has 0 saturated heterocycles. The Hall–Kier alpha value is -1.56. The number of fused-ring (bicyclic) bond motifs is 1. The quantitative estimate of drug-likeness (QED) is 0.895. The summed E-state index contributed by atoms with van der Waals surface area (Å²) in [6, 6.07) is 4.61. The molecule has 2 rings (SSSR count). The summed E-state index contributed by atoms with van der Waals surface area (Å²) in [5, 5.41) is 8.93. The summed E-state index contributed by atoms with van der Waals surface area (Å²) in [7, 11) is -3.28.